The lowest BCUT2D eigenvalue weighted by Crippen LogP contribution is -2.35. The van der Waals surface area contributed by atoms with Crippen molar-refractivity contribution in [3.05, 3.63) is 53.9 Å². The highest BCUT2D eigenvalue weighted by molar-refractivity contribution is 7.90. The Morgan fingerprint density at radius 2 is 1.83 bits per heavy atom. The molecule has 0 saturated heterocycles. The van der Waals surface area contributed by atoms with Crippen LogP contribution in [-0.4, -0.2) is 37.3 Å². The Morgan fingerprint density at radius 3 is 2.50 bits per heavy atom. The third-order valence-electron chi connectivity index (χ3n) is 3.89. The molecule has 0 spiro atoms. The molecule has 0 aliphatic heterocycles. The van der Waals surface area contributed by atoms with Crippen LogP contribution in [0.15, 0.2) is 51.8 Å². The molecule has 1 aromatic carbocycles. The number of Topliss-reactive ketones (excluding diaryl/α,β-unsaturated/α-hetero) is 1. The highest BCUT2D eigenvalue weighted by atomic mass is 32.2. The molecular formula is C19H18N4O6S. The van der Waals surface area contributed by atoms with E-state index in [0.29, 0.717) is 5.69 Å². The number of hydrogen-bond donors (Lipinski definition) is 2. The summed E-state index contributed by atoms with van der Waals surface area (Å²) < 4.78 is 38.0. The Kier molecular flexibility index (Phi) is 5.83. The molecule has 2 amide bonds. The van der Waals surface area contributed by atoms with Crippen molar-refractivity contribution in [3.8, 4) is 17.2 Å². The number of hydrogen-bond acceptors (Lipinski definition) is 8. The highest BCUT2D eigenvalue weighted by Gasteiger charge is 2.24. The molecule has 2 heterocycles. The summed E-state index contributed by atoms with van der Waals surface area (Å²) in [5.74, 6) is 0.0597. The van der Waals surface area contributed by atoms with Gasteiger partial charge >= 0.3 is 6.03 Å². The van der Waals surface area contributed by atoms with E-state index in [-0.39, 0.29) is 39.6 Å². The van der Waals surface area contributed by atoms with Gasteiger partial charge in [0.15, 0.2) is 11.5 Å². The first-order valence-electron chi connectivity index (χ1n) is 8.63. The van der Waals surface area contributed by atoms with E-state index < -0.39 is 16.1 Å². The molecule has 2 N–H and O–H groups in total. The number of anilines is 1. The van der Waals surface area contributed by atoms with E-state index >= 15 is 0 Å². The van der Waals surface area contributed by atoms with E-state index in [0.717, 1.165) is 0 Å². The molecule has 10 nitrogen and oxygen atoms in total. The third kappa shape index (κ3) is 4.63. The van der Waals surface area contributed by atoms with Gasteiger partial charge in [-0.2, -0.15) is 4.98 Å². The van der Waals surface area contributed by atoms with Gasteiger partial charge in [-0.1, -0.05) is 12.1 Å². The smallest absolute Gasteiger partial charge is 0.335 e. The van der Waals surface area contributed by atoms with Crippen molar-refractivity contribution < 1.29 is 27.2 Å². The predicted molar refractivity (Wildman–Crippen MR) is 107 cm³/mol. The number of aromatic nitrogens is 2. The Balaban J connectivity index is 1.86. The molecule has 0 fully saturated rings. The quantitative estimate of drug-likeness (QED) is 0.569. The number of carbonyl (C=O) groups is 2. The van der Waals surface area contributed by atoms with Crippen molar-refractivity contribution in [1.82, 2.24) is 14.7 Å². The van der Waals surface area contributed by atoms with Crippen molar-refractivity contribution in [3.63, 3.8) is 0 Å². The monoisotopic (exact) mass is 430 g/mol. The summed E-state index contributed by atoms with van der Waals surface area (Å²) in [5.41, 5.74) is 0.711. The molecule has 0 unspecified atom stereocenters. The van der Waals surface area contributed by atoms with Gasteiger partial charge in [-0.3, -0.25) is 10.1 Å². The van der Waals surface area contributed by atoms with Crippen molar-refractivity contribution >= 4 is 27.8 Å². The molecule has 3 aromatic rings. The number of ether oxygens (including phenoxy) is 1. The van der Waals surface area contributed by atoms with Gasteiger partial charge in [-0.15, -0.1) is 0 Å². The van der Waals surface area contributed by atoms with Crippen LogP contribution in [0, 0.1) is 6.92 Å². The first-order chi connectivity index (χ1) is 14.2. The largest absolute Gasteiger partial charge is 0.481 e. The van der Waals surface area contributed by atoms with Crippen LogP contribution in [-0.2, 0) is 10.0 Å². The summed E-state index contributed by atoms with van der Waals surface area (Å²) in [6, 6.07) is 9.35. The van der Waals surface area contributed by atoms with Gasteiger partial charge < -0.3 is 9.15 Å². The molecule has 0 aliphatic carbocycles. The molecular weight excluding hydrogens is 412 g/mol. The topological polar surface area (TPSA) is 140 Å². The Hall–Kier alpha value is -3.73. The summed E-state index contributed by atoms with van der Waals surface area (Å²) in [6.45, 7) is 3.00. The molecule has 0 bridgehead atoms. The van der Waals surface area contributed by atoms with Crippen LogP contribution in [0.5, 0.6) is 5.88 Å². The summed E-state index contributed by atoms with van der Waals surface area (Å²) >= 11 is 0. The first kappa shape index (κ1) is 21.0. The standard InChI is InChI=1S/C19H18N4O6S/c1-11-10-17(28-3)21-18(20-11)22-19(25)23-30(26,27)16-7-5-4-6-13(16)15-9-8-14(29-15)12(2)24/h4-10H,1-3H3,(H2,20,21,22,23,25). The number of methoxy groups -OCH3 is 1. The van der Waals surface area contributed by atoms with Crippen LogP contribution in [0.3, 0.4) is 0 Å². The molecule has 0 aliphatic rings. The van der Waals surface area contributed by atoms with Crippen LogP contribution in [0.25, 0.3) is 11.3 Å². The number of furan rings is 1. The van der Waals surface area contributed by atoms with Crippen molar-refractivity contribution in [1.29, 1.82) is 0 Å². The number of benzene rings is 1. The van der Waals surface area contributed by atoms with Crippen LogP contribution in [0.4, 0.5) is 10.7 Å². The van der Waals surface area contributed by atoms with E-state index in [1.54, 1.807) is 19.1 Å². The van der Waals surface area contributed by atoms with E-state index in [9.17, 15) is 18.0 Å². The zero-order chi connectivity index (χ0) is 21.9. The number of aryl methyl sites for hydroxylation is 1. The Bertz CT molecular complexity index is 1220. The van der Waals surface area contributed by atoms with Crippen molar-refractivity contribution in [2.45, 2.75) is 18.7 Å². The molecule has 11 heteroatoms. The van der Waals surface area contributed by atoms with E-state index in [2.05, 4.69) is 15.3 Å². The van der Waals surface area contributed by atoms with Crippen molar-refractivity contribution in [2.24, 2.45) is 0 Å². The normalized spacial score (nSPS) is 11.0. The number of ketones is 1. The number of amides is 2. The summed E-state index contributed by atoms with van der Waals surface area (Å²) in [4.78, 5) is 31.5. The molecule has 156 valence electrons. The lowest BCUT2D eigenvalue weighted by atomic mass is 10.2. The fraction of sp³-hybridized carbons (Fsp3) is 0.158. The fourth-order valence-electron chi connectivity index (χ4n) is 2.58. The van der Waals surface area contributed by atoms with Gasteiger partial charge in [-0.05, 0) is 31.2 Å². The zero-order valence-corrected chi connectivity index (χ0v) is 17.1. The molecule has 0 radical (unpaired) electrons. The summed E-state index contributed by atoms with van der Waals surface area (Å²) in [6.07, 6.45) is 0. The second-order valence-electron chi connectivity index (χ2n) is 6.15. The number of nitrogens with one attached hydrogen (secondary N) is 2. The first-order valence-corrected chi connectivity index (χ1v) is 10.1. The average molecular weight is 430 g/mol. The van der Waals surface area contributed by atoms with Gasteiger partial charge in [0.05, 0.1) is 12.0 Å². The van der Waals surface area contributed by atoms with Crippen LogP contribution >= 0.6 is 0 Å². The molecule has 0 atom stereocenters. The molecule has 0 saturated carbocycles. The number of carbonyl (C=O) groups excluding carboxylic acids is 2. The minimum Gasteiger partial charge on any atom is -0.481 e. The van der Waals surface area contributed by atoms with Crippen LogP contribution in [0.1, 0.15) is 23.2 Å². The highest BCUT2D eigenvalue weighted by Crippen LogP contribution is 2.29. The second kappa shape index (κ2) is 8.33. The zero-order valence-electron chi connectivity index (χ0n) is 16.3. The maximum Gasteiger partial charge on any atom is 0.335 e. The predicted octanol–water partition coefficient (Wildman–Crippen LogP) is 2.77. The Labute approximate surface area is 172 Å². The number of urea groups is 1. The number of nitrogens with zero attached hydrogens (tertiary/aromatic N) is 2. The van der Waals surface area contributed by atoms with Gasteiger partial charge in [0.2, 0.25) is 11.8 Å². The number of sulfonamides is 1. The van der Waals surface area contributed by atoms with E-state index in [1.165, 1.54) is 44.4 Å². The maximum atomic E-state index is 12.8. The van der Waals surface area contributed by atoms with Gasteiger partial charge in [0, 0.05) is 24.2 Å². The number of rotatable bonds is 6. The SMILES string of the molecule is COc1cc(C)nc(NC(=O)NS(=O)(=O)c2ccccc2-c2ccc(C(C)=O)o2)n1. The molecule has 2 aromatic heterocycles. The van der Waals surface area contributed by atoms with E-state index in [4.69, 9.17) is 9.15 Å². The van der Waals surface area contributed by atoms with Crippen LogP contribution in [0.2, 0.25) is 0 Å². The lowest BCUT2D eigenvalue weighted by molar-refractivity contribution is 0.0988. The minimum atomic E-state index is -4.29. The molecule has 30 heavy (non-hydrogen) atoms. The second-order valence-corrected chi connectivity index (χ2v) is 7.80. The van der Waals surface area contributed by atoms with Gasteiger partial charge in [0.1, 0.15) is 5.76 Å². The van der Waals surface area contributed by atoms with Crippen molar-refractivity contribution in [2.75, 3.05) is 12.4 Å². The lowest BCUT2D eigenvalue weighted by Gasteiger charge is -2.11. The fourth-order valence-corrected chi connectivity index (χ4v) is 3.70. The minimum absolute atomic E-state index is 0.0912. The molecule has 3 rings (SSSR count). The average Bonchev–Trinajstić information content (AvgIpc) is 3.17. The summed E-state index contributed by atoms with van der Waals surface area (Å²) in [7, 11) is -2.89. The van der Waals surface area contributed by atoms with Gasteiger partial charge in [-0.25, -0.2) is 22.9 Å². The van der Waals surface area contributed by atoms with E-state index in [1.807, 2.05) is 4.72 Å². The van der Waals surface area contributed by atoms with Crippen LogP contribution < -0.4 is 14.8 Å². The Morgan fingerprint density at radius 1 is 1.10 bits per heavy atom. The maximum absolute atomic E-state index is 12.8. The van der Waals surface area contributed by atoms with Gasteiger partial charge in [0.25, 0.3) is 10.0 Å². The summed E-state index contributed by atoms with van der Waals surface area (Å²) in [5, 5.41) is 2.26. The third-order valence-corrected chi connectivity index (χ3v) is 5.28.